The highest BCUT2D eigenvalue weighted by Crippen LogP contribution is 2.44. The molecule has 0 spiro atoms. The van der Waals surface area contributed by atoms with Crippen molar-refractivity contribution in [2.45, 2.75) is 25.3 Å². The topological polar surface area (TPSA) is 36.4 Å². The van der Waals surface area contributed by atoms with Gasteiger partial charge >= 0.3 is 0 Å². The van der Waals surface area contributed by atoms with Crippen LogP contribution in [0.1, 0.15) is 24.8 Å². The molecule has 2 unspecified atom stereocenters. The van der Waals surface area contributed by atoms with Crippen LogP contribution in [0.15, 0.2) is 35.8 Å². The van der Waals surface area contributed by atoms with Gasteiger partial charge in [0.05, 0.1) is 6.54 Å². The summed E-state index contributed by atoms with van der Waals surface area (Å²) < 4.78 is 13.8. The number of nitrogens with one attached hydrogen (secondary N) is 2. The number of nitrogens with zero attached hydrogens (tertiary/aromatic N) is 1. The summed E-state index contributed by atoms with van der Waals surface area (Å²) in [6, 6.07) is 4.98. The Hall–Kier alpha value is -0.820. The summed E-state index contributed by atoms with van der Waals surface area (Å²) in [6.07, 6.45) is 2.59. The highest BCUT2D eigenvalue weighted by Gasteiger charge is 2.41. The fourth-order valence-electron chi connectivity index (χ4n) is 2.19. The van der Waals surface area contributed by atoms with Crippen LogP contribution in [-0.4, -0.2) is 25.1 Å². The third-order valence-corrected chi connectivity index (χ3v) is 3.54. The number of halogens is 3. The fourth-order valence-corrected chi connectivity index (χ4v) is 2.49. The molecule has 0 aliphatic heterocycles. The van der Waals surface area contributed by atoms with Crippen LogP contribution < -0.4 is 10.6 Å². The van der Waals surface area contributed by atoms with Crippen molar-refractivity contribution in [2.75, 3.05) is 13.1 Å². The first-order chi connectivity index (χ1) is 9.67. The minimum atomic E-state index is -0.236. The van der Waals surface area contributed by atoms with Crippen molar-refractivity contribution in [3.8, 4) is 0 Å². The van der Waals surface area contributed by atoms with Crippen molar-refractivity contribution in [3.05, 3.63) is 47.3 Å². The molecule has 2 rings (SSSR count). The van der Waals surface area contributed by atoms with Gasteiger partial charge in [0.25, 0.3) is 0 Å². The number of hydrogen-bond donors (Lipinski definition) is 2. The molecule has 0 bridgehead atoms. The Morgan fingerprint density at radius 1 is 1.57 bits per heavy atom. The number of benzene rings is 1. The highest BCUT2D eigenvalue weighted by atomic mass is 127. The summed E-state index contributed by atoms with van der Waals surface area (Å²) in [7, 11) is 0. The average Bonchev–Trinajstić information content (AvgIpc) is 3.15. The lowest BCUT2D eigenvalue weighted by atomic mass is 10.1. The molecule has 1 aromatic carbocycles. The van der Waals surface area contributed by atoms with E-state index in [-0.39, 0.29) is 41.8 Å². The monoisotopic (exact) mass is 423 g/mol. The van der Waals surface area contributed by atoms with Crippen LogP contribution in [0, 0.1) is 5.82 Å². The van der Waals surface area contributed by atoms with Gasteiger partial charge in [-0.1, -0.05) is 23.7 Å². The summed E-state index contributed by atoms with van der Waals surface area (Å²) in [5, 5.41) is 6.94. The van der Waals surface area contributed by atoms with Crippen LogP contribution in [0.3, 0.4) is 0 Å². The molecule has 0 heterocycles. The first-order valence-corrected chi connectivity index (χ1v) is 7.14. The molecule has 3 nitrogen and oxygen atoms in total. The van der Waals surface area contributed by atoms with Gasteiger partial charge < -0.3 is 10.6 Å². The Morgan fingerprint density at radius 3 is 2.95 bits per heavy atom. The third-order valence-electron chi connectivity index (χ3n) is 3.21. The van der Waals surface area contributed by atoms with Gasteiger partial charge in [-0.05, 0) is 25.5 Å². The maximum Gasteiger partial charge on any atom is 0.191 e. The molecule has 0 radical (unpaired) electrons. The lowest BCUT2D eigenvalue weighted by molar-refractivity contribution is 0.608. The molecule has 2 atom stereocenters. The standard InChI is InChI=1S/C15H19ClFN3.HI/c1-3-8-19-15(18-4-2)20-13-9-10(13)14-11(16)6-5-7-12(14)17;/h3,5-7,10,13H,1,4,8-9H2,2H3,(H2,18,19,20);1H. The molecule has 2 N–H and O–H groups in total. The molecule has 1 fully saturated rings. The van der Waals surface area contributed by atoms with Crippen molar-refractivity contribution >= 4 is 41.5 Å². The summed E-state index contributed by atoms with van der Waals surface area (Å²) in [5.74, 6) is 0.600. The number of rotatable bonds is 5. The van der Waals surface area contributed by atoms with E-state index >= 15 is 0 Å². The number of hydrogen-bond acceptors (Lipinski definition) is 1. The molecular weight excluding hydrogens is 404 g/mol. The minimum Gasteiger partial charge on any atom is -0.357 e. The zero-order valence-electron chi connectivity index (χ0n) is 11.9. The second-order valence-electron chi connectivity index (χ2n) is 4.74. The van der Waals surface area contributed by atoms with Crippen molar-refractivity contribution < 1.29 is 4.39 Å². The molecule has 1 aromatic rings. The normalized spacial score (nSPS) is 20.4. The van der Waals surface area contributed by atoms with Gasteiger partial charge in [0.15, 0.2) is 5.96 Å². The Labute approximate surface area is 147 Å². The van der Waals surface area contributed by atoms with E-state index in [1.54, 1.807) is 18.2 Å². The van der Waals surface area contributed by atoms with E-state index in [2.05, 4.69) is 22.2 Å². The first kappa shape index (κ1) is 18.2. The van der Waals surface area contributed by atoms with Gasteiger partial charge in [-0.15, -0.1) is 30.6 Å². The summed E-state index contributed by atoms with van der Waals surface area (Å²) >= 11 is 6.08. The Kier molecular flexibility index (Phi) is 7.45. The van der Waals surface area contributed by atoms with Crippen LogP contribution in [0.25, 0.3) is 0 Å². The molecule has 21 heavy (non-hydrogen) atoms. The van der Waals surface area contributed by atoms with Crippen LogP contribution in [-0.2, 0) is 0 Å². The van der Waals surface area contributed by atoms with Gasteiger partial charge in [0, 0.05) is 29.1 Å². The van der Waals surface area contributed by atoms with E-state index in [4.69, 9.17) is 11.6 Å². The molecule has 1 aliphatic carbocycles. The van der Waals surface area contributed by atoms with E-state index in [9.17, 15) is 4.39 Å². The average molecular weight is 424 g/mol. The first-order valence-electron chi connectivity index (χ1n) is 6.77. The maximum atomic E-state index is 13.8. The van der Waals surface area contributed by atoms with E-state index < -0.39 is 0 Å². The smallest absolute Gasteiger partial charge is 0.191 e. The predicted molar refractivity (Wildman–Crippen MR) is 97.3 cm³/mol. The molecule has 116 valence electrons. The van der Waals surface area contributed by atoms with Crippen molar-refractivity contribution in [1.82, 2.24) is 10.6 Å². The number of guanidine groups is 1. The van der Waals surface area contributed by atoms with Crippen LogP contribution in [0.2, 0.25) is 5.02 Å². The van der Waals surface area contributed by atoms with Crippen molar-refractivity contribution in [2.24, 2.45) is 4.99 Å². The quantitative estimate of drug-likeness (QED) is 0.328. The Morgan fingerprint density at radius 2 is 2.33 bits per heavy atom. The molecule has 0 aromatic heterocycles. The van der Waals surface area contributed by atoms with Gasteiger partial charge in [-0.2, -0.15) is 0 Å². The maximum absolute atomic E-state index is 13.8. The van der Waals surface area contributed by atoms with Crippen molar-refractivity contribution in [1.29, 1.82) is 0 Å². The van der Waals surface area contributed by atoms with Crippen LogP contribution in [0.4, 0.5) is 4.39 Å². The third kappa shape index (κ3) is 4.85. The molecular formula is C15H20ClFIN3. The lowest BCUT2D eigenvalue weighted by Gasteiger charge is -2.11. The fraction of sp³-hybridized carbons (Fsp3) is 0.400. The van der Waals surface area contributed by atoms with E-state index in [1.807, 2.05) is 6.92 Å². The van der Waals surface area contributed by atoms with Crippen LogP contribution in [0.5, 0.6) is 0 Å². The van der Waals surface area contributed by atoms with Crippen LogP contribution >= 0.6 is 35.6 Å². The van der Waals surface area contributed by atoms with Gasteiger partial charge in [0.2, 0.25) is 0 Å². The largest absolute Gasteiger partial charge is 0.357 e. The molecule has 1 aliphatic rings. The van der Waals surface area contributed by atoms with Gasteiger partial charge in [0.1, 0.15) is 5.82 Å². The Balaban J connectivity index is 0.00000220. The SMILES string of the molecule is C=CCN=C(NCC)NC1CC1c1c(F)cccc1Cl.I. The predicted octanol–water partition coefficient (Wildman–Crippen LogP) is 3.69. The molecule has 0 amide bonds. The molecule has 1 saturated carbocycles. The second-order valence-corrected chi connectivity index (χ2v) is 5.14. The Bertz CT molecular complexity index is 501. The zero-order valence-corrected chi connectivity index (χ0v) is 15.0. The van der Waals surface area contributed by atoms with Gasteiger partial charge in [-0.25, -0.2) is 9.38 Å². The highest BCUT2D eigenvalue weighted by molar-refractivity contribution is 14.0. The summed E-state index contributed by atoms with van der Waals surface area (Å²) in [6.45, 7) is 6.97. The number of aliphatic imine (C=N–C) groups is 1. The van der Waals surface area contributed by atoms with E-state index in [1.165, 1.54) is 6.07 Å². The second kappa shape index (κ2) is 8.58. The van der Waals surface area contributed by atoms with E-state index in [0.717, 1.165) is 18.9 Å². The lowest BCUT2D eigenvalue weighted by Crippen LogP contribution is -2.39. The van der Waals surface area contributed by atoms with Gasteiger partial charge in [-0.3, -0.25) is 0 Å². The van der Waals surface area contributed by atoms with Crippen molar-refractivity contribution in [3.63, 3.8) is 0 Å². The summed E-state index contributed by atoms with van der Waals surface area (Å²) in [4.78, 5) is 4.33. The molecule has 6 heteroatoms. The molecule has 0 saturated heterocycles. The zero-order chi connectivity index (χ0) is 14.5. The van der Waals surface area contributed by atoms with E-state index in [0.29, 0.717) is 17.1 Å². The minimum absolute atomic E-state index is 0. The summed E-state index contributed by atoms with van der Waals surface area (Å²) in [5.41, 5.74) is 0.603.